The molecule has 4 N–H and O–H groups in total. The zero-order valence-corrected chi connectivity index (χ0v) is 10.8. The summed E-state index contributed by atoms with van der Waals surface area (Å²) in [6, 6.07) is 3.33. The Balaban J connectivity index is 2.99. The monoisotopic (exact) mass is 303 g/mol. The minimum Gasteiger partial charge on any atom is -0.504 e. The third-order valence-electron chi connectivity index (χ3n) is 1.67. The first-order chi connectivity index (χ1) is 7.54. The van der Waals surface area contributed by atoms with Gasteiger partial charge in [0.2, 0.25) is 0 Å². The van der Waals surface area contributed by atoms with Gasteiger partial charge < -0.3 is 15.6 Å². The Morgan fingerprint density at radius 2 is 2.38 bits per heavy atom. The highest BCUT2D eigenvalue weighted by Gasteiger charge is 2.07. The molecule has 0 aliphatic rings. The largest absolute Gasteiger partial charge is 0.504 e. The number of benzene rings is 1. The van der Waals surface area contributed by atoms with Gasteiger partial charge in [-0.1, -0.05) is 15.9 Å². The van der Waals surface area contributed by atoms with Crippen molar-refractivity contribution in [3.63, 3.8) is 0 Å². The van der Waals surface area contributed by atoms with E-state index in [-0.39, 0.29) is 10.9 Å². The van der Waals surface area contributed by atoms with Crippen molar-refractivity contribution in [2.24, 2.45) is 10.8 Å². The first-order valence-electron chi connectivity index (χ1n) is 4.19. The lowest BCUT2D eigenvalue weighted by molar-refractivity contribution is 0.373. The molecule has 0 atom stereocenters. The number of thiocarbonyl (C=S) groups is 1. The molecule has 5 nitrogen and oxygen atoms in total. The van der Waals surface area contributed by atoms with E-state index in [1.54, 1.807) is 12.1 Å². The van der Waals surface area contributed by atoms with Crippen LogP contribution in [0.5, 0.6) is 11.5 Å². The SMILES string of the molecule is COc1cc(Br)cc(/C=N\NC(N)=S)c1O. The van der Waals surface area contributed by atoms with Crippen LogP contribution >= 0.6 is 28.1 Å². The van der Waals surface area contributed by atoms with Gasteiger partial charge in [0.15, 0.2) is 16.6 Å². The number of phenolic OH excluding ortho intramolecular Hbond substituents is 1. The molecular formula is C9H10BrN3O2S. The van der Waals surface area contributed by atoms with Crippen molar-refractivity contribution in [3.05, 3.63) is 22.2 Å². The molecule has 0 amide bonds. The first kappa shape index (κ1) is 12.7. The second-order valence-corrected chi connectivity index (χ2v) is 4.14. The number of phenols is 1. The Kier molecular flexibility index (Phi) is 4.51. The predicted molar refractivity (Wildman–Crippen MR) is 69.9 cm³/mol. The molecule has 0 aliphatic carbocycles. The Morgan fingerprint density at radius 1 is 1.69 bits per heavy atom. The van der Waals surface area contributed by atoms with E-state index in [9.17, 15) is 5.11 Å². The molecule has 1 aromatic carbocycles. The van der Waals surface area contributed by atoms with Crippen molar-refractivity contribution in [2.75, 3.05) is 7.11 Å². The van der Waals surface area contributed by atoms with Crippen LogP contribution in [0.4, 0.5) is 0 Å². The molecule has 86 valence electrons. The van der Waals surface area contributed by atoms with Crippen LogP contribution in [0.15, 0.2) is 21.7 Å². The average Bonchev–Trinajstić information content (AvgIpc) is 2.22. The maximum atomic E-state index is 9.75. The van der Waals surface area contributed by atoms with E-state index >= 15 is 0 Å². The van der Waals surface area contributed by atoms with E-state index in [0.29, 0.717) is 11.3 Å². The molecule has 1 aromatic rings. The van der Waals surface area contributed by atoms with Crippen LogP contribution in [0.3, 0.4) is 0 Å². The van der Waals surface area contributed by atoms with Crippen LogP contribution in [0.1, 0.15) is 5.56 Å². The molecule has 0 bridgehead atoms. The Bertz CT molecular complexity index is 437. The van der Waals surface area contributed by atoms with Gasteiger partial charge in [-0.05, 0) is 24.4 Å². The number of nitrogens with one attached hydrogen (secondary N) is 1. The van der Waals surface area contributed by atoms with Crippen molar-refractivity contribution in [2.45, 2.75) is 0 Å². The van der Waals surface area contributed by atoms with Crippen molar-refractivity contribution < 1.29 is 9.84 Å². The van der Waals surface area contributed by atoms with Gasteiger partial charge >= 0.3 is 0 Å². The number of rotatable bonds is 3. The molecule has 0 spiro atoms. The summed E-state index contributed by atoms with van der Waals surface area (Å²) in [6.07, 6.45) is 1.39. The molecule has 7 heteroatoms. The number of hydrogen-bond donors (Lipinski definition) is 3. The Hall–Kier alpha value is -1.34. The second kappa shape index (κ2) is 5.66. The van der Waals surface area contributed by atoms with Crippen LogP contribution in [-0.4, -0.2) is 23.5 Å². The normalized spacial score (nSPS) is 10.4. The topological polar surface area (TPSA) is 79.9 Å². The van der Waals surface area contributed by atoms with E-state index in [1.165, 1.54) is 13.3 Å². The highest BCUT2D eigenvalue weighted by molar-refractivity contribution is 9.10. The fraction of sp³-hybridized carbons (Fsp3) is 0.111. The molecule has 0 fully saturated rings. The summed E-state index contributed by atoms with van der Waals surface area (Å²) < 4.78 is 5.74. The van der Waals surface area contributed by atoms with E-state index in [2.05, 4.69) is 38.7 Å². The zero-order chi connectivity index (χ0) is 12.1. The van der Waals surface area contributed by atoms with Crippen LogP contribution in [0.2, 0.25) is 0 Å². The highest BCUT2D eigenvalue weighted by Crippen LogP contribution is 2.32. The number of methoxy groups -OCH3 is 1. The predicted octanol–water partition coefficient (Wildman–Crippen LogP) is 1.33. The van der Waals surface area contributed by atoms with Gasteiger partial charge in [-0.2, -0.15) is 5.10 Å². The molecule has 1 rings (SSSR count). The third-order valence-corrected chi connectivity index (χ3v) is 2.22. The quantitative estimate of drug-likeness (QED) is 0.446. The smallest absolute Gasteiger partial charge is 0.184 e. The van der Waals surface area contributed by atoms with Gasteiger partial charge in [-0.25, -0.2) is 0 Å². The minimum atomic E-state index is -0.000750. The van der Waals surface area contributed by atoms with E-state index in [1.807, 2.05) is 0 Å². The number of aromatic hydroxyl groups is 1. The summed E-state index contributed by atoms with van der Waals surface area (Å²) in [6.45, 7) is 0. The van der Waals surface area contributed by atoms with Gasteiger partial charge in [0, 0.05) is 10.0 Å². The van der Waals surface area contributed by atoms with Crippen LogP contribution in [-0.2, 0) is 0 Å². The summed E-state index contributed by atoms with van der Waals surface area (Å²) in [5, 5.41) is 13.5. The third kappa shape index (κ3) is 3.35. The fourth-order valence-corrected chi connectivity index (χ4v) is 1.52. The molecule has 0 aliphatic heterocycles. The minimum absolute atomic E-state index is 0.000750. The maximum absolute atomic E-state index is 9.75. The van der Waals surface area contributed by atoms with Gasteiger partial charge in [0.25, 0.3) is 0 Å². The molecule has 0 unspecified atom stereocenters. The standard InChI is InChI=1S/C9H10BrN3O2S/c1-15-7-3-6(10)2-5(8(7)14)4-12-13-9(11)16/h2-4,14H,1H3,(H3,11,13,16)/b12-4-. The van der Waals surface area contributed by atoms with Crippen molar-refractivity contribution in [3.8, 4) is 11.5 Å². The van der Waals surface area contributed by atoms with Crippen LogP contribution in [0, 0.1) is 0 Å². The Labute approximate surface area is 106 Å². The molecule has 0 heterocycles. The van der Waals surface area contributed by atoms with Gasteiger partial charge in [-0.3, -0.25) is 5.43 Å². The molecule has 0 saturated carbocycles. The van der Waals surface area contributed by atoms with Crippen molar-refractivity contribution >= 4 is 39.5 Å². The summed E-state index contributed by atoms with van der Waals surface area (Å²) in [7, 11) is 1.47. The maximum Gasteiger partial charge on any atom is 0.184 e. The summed E-state index contributed by atoms with van der Waals surface area (Å²) in [5.41, 5.74) is 8.06. The van der Waals surface area contributed by atoms with E-state index in [0.717, 1.165) is 4.47 Å². The molecule has 0 aromatic heterocycles. The molecule has 0 saturated heterocycles. The number of hydrogen-bond acceptors (Lipinski definition) is 4. The number of nitrogens with zero attached hydrogens (tertiary/aromatic N) is 1. The van der Waals surface area contributed by atoms with Crippen molar-refractivity contribution in [1.82, 2.24) is 5.43 Å². The average molecular weight is 304 g/mol. The fourth-order valence-electron chi connectivity index (χ4n) is 1.01. The van der Waals surface area contributed by atoms with E-state index in [4.69, 9.17) is 10.5 Å². The summed E-state index contributed by atoms with van der Waals surface area (Å²) >= 11 is 7.86. The first-order valence-corrected chi connectivity index (χ1v) is 5.39. The zero-order valence-electron chi connectivity index (χ0n) is 8.40. The lowest BCUT2D eigenvalue weighted by atomic mass is 10.2. The van der Waals surface area contributed by atoms with Crippen LogP contribution < -0.4 is 15.9 Å². The molecule has 0 radical (unpaired) electrons. The lowest BCUT2D eigenvalue weighted by Crippen LogP contribution is -2.24. The van der Waals surface area contributed by atoms with Gasteiger partial charge in [0.05, 0.1) is 13.3 Å². The highest BCUT2D eigenvalue weighted by atomic mass is 79.9. The van der Waals surface area contributed by atoms with Crippen molar-refractivity contribution in [1.29, 1.82) is 0 Å². The number of hydrazone groups is 1. The molecule has 16 heavy (non-hydrogen) atoms. The second-order valence-electron chi connectivity index (χ2n) is 2.78. The summed E-state index contributed by atoms with van der Waals surface area (Å²) in [5.74, 6) is 0.352. The van der Waals surface area contributed by atoms with Gasteiger partial charge in [0.1, 0.15) is 0 Å². The number of halogens is 1. The number of ether oxygens (including phenoxy) is 1. The number of nitrogens with two attached hydrogens (primary N) is 1. The Morgan fingerprint density at radius 3 is 2.94 bits per heavy atom. The van der Waals surface area contributed by atoms with Gasteiger partial charge in [-0.15, -0.1) is 0 Å². The van der Waals surface area contributed by atoms with E-state index < -0.39 is 0 Å². The summed E-state index contributed by atoms with van der Waals surface area (Å²) in [4.78, 5) is 0. The lowest BCUT2D eigenvalue weighted by Gasteiger charge is -2.06. The molecular weight excluding hydrogens is 294 g/mol. The van der Waals surface area contributed by atoms with Crippen LogP contribution in [0.25, 0.3) is 0 Å².